The molecular formula is C14H30N2. The van der Waals surface area contributed by atoms with Gasteiger partial charge in [0.15, 0.2) is 0 Å². The van der Waals surface area contributed by atoms with Gasteiger partial charge in [-0.05, 0) is 50.7 Å². The first kappa shape index (κ1) is 14.0. The highest BCUT2D eigenvalue weighted by molar-refractivity contribution is 4.77. The Hall–Kier alpha value is -0.0800. The van der Waals surface area contributed by atoms with Crippen molar-refractivity contribution in [3.63, 3.8) is 0 Å². The third-order valence-corrected chi connectivity index (χ3v) is 4.10. The van der Waals surface area contributed by atoms with Crippen LogP contribution in [0.25, 0.3) is 0 Å². The molecule has 0 amide bonds. The van der Waals surface area contributed by atoms with E-state index in [1.54, 1.807) is 0 Å². The third-order valence-electron chi connectivity index (χ3n) is 4.10. The van der Waals surface area contributed by atoms with Crippen LogP contribution in [0.15, 0.2) is 0 Å². The van der Waals surface area contributed by atoms with E-state index < -0.39 is 0 Å². The predicted molar refractivity (Wildman–Crippen MR) is 71.6 cm³/mol. The lowest BCUT2D eigenvalue weighted by Crippen LogP contribution is -2.38. The summed E-state index contributed by atoms with van der Waals surface area (Å²) in [7, 11) is 0. The lowest BCUT2D eigenvalue weighted by Gasteiger charge is -2.32. The molecule has 1 saturated heterocycles. The van der Waals surface area contributed by atoms with Gasteiger partial charge in [-0.1, -0.05) is 33.6 Å². The SMILES string of the molecule is CCC1CCCCCN1CCC(C)(C)CN. The zero-order valence-electron chi connectivity index (χ0n) is 11.5. The van der Waals surface area contributed by atoms with Crippen LogP contribution in [0.5, 0.6) is 0 Å². The van der Waals surface area contributed by atoms with Gasteiger partial charge in [-0.2, -0.15) is 0 Å². The summed E-state index contributed by atoms with van der Waals surface area (Å²) in [4.78, 5) is 2.71. The molecular weight excluding hydrogens is 196 g/mol. The molecule has 0 aromatic heterocycles. The Morgan fingerprint density at radius 2 is 2.00 bits per heavy atom. The zero-order chi connectivity index (χ0) is 12.0. The smallest absolute Gasteiger partial charge is 0.00926 e. The van der Waals surface area contributed by atoms with E-state index in [4.69, 9.17) is 5.73 Å². The van der Waals surface area contributed by atoms with Gasteiger partial charge in [-0.3, -0.25) is 0 Å². The summed E-state index contributed by atoms with van der Waals surface area (Å²) in [5, 5.41) is 0. The molecule has 0 aromatic carbocycles. The first-order chi connectivity index (χ1) is 7.59. The molecule has 2 heteroatoms. The van der Waals surface area contributed by atoms with E-state index in [1.165, 1.54) is 51.6 Å². The Morgan fingerprint density at radius 3 is 2.62 bits per heavy atom. The number of nitrogens with two attached hydrogens (primary N) is 1. The lowest BCUT2D eigenvalue weighted by atomic mass is 9.89. The quantitative estimate of drug-likeness (QED) is 0.781. The predicted octanol–water partition coefficient (Wildman–Crippen LogP) is 3.02. The molecule has 2 N–H and O–H groups in total. The Balaban J connectivity index is 2.42. The van der Waals surface area contributed by atoms with Gasteiger partial charge in [0, 0.05) is 6.04 Å². The average Bonchev–Trinajstić information content (AvgIpc) is 2.51. The van der Waals surface area contributed by atoms with Gasteiger partial charge in [0.05, 0.1) is 0 Å². The summed E-state index contributed by atoms with van der Waals surface area (Å²) >= 11 is 0. The van der Waals surface area contributed by atoms with Crippen LogP contribution < -0.4 is 5.73 Å². The molecule has 0 spiro atoms. The second-order valence-electron chi connectivity index (χ2n) is 6.07. The van der Waals surface area contributed by atoms with Gasteiger partial charge >= 0.3 is 0 Å². The Kier molecular flexibility index (Phi) is 5.77. The molecule has 1 aliphatic heterocycles. The first-order valence-electron chi connectivity index (χ1n) is 7.03. The lowest BCUT2D eigenvalue weighted by molar-refractivity contribution is 0.165. The van der Waals surface area contributed by atoms with Gasteiger partial charge in [-0.25, -0.2) is 0 Å². The standard InChI is InChI=1S/C14H30N2/c1-4-13-8-6-5-7-10-16(13)11-9-14(2,3)12-15/h13H,4-12,15H2,1-3H3. The average molecular weight is 226 g/mol. The van der Waals surface area contributed by atoms with Crippen molar-refractivity contribution in [1.29, 1.82) is 0 Å². The van der Waals surface area contributed by atoms with Crippen molar-refractivity contribution in [1.82, 2.24) is 4.90 Å². The molecule has 1 unspecified atom stereocenters. The fourth-order valence-corrected chi connectivity index (χ4v) is 2.54. The van der Waals surface area contributed by atoms with Crippen molar-refractivity contribution in [2.45, 2.75) is 65.3 Å². The topological polar surface area (TPSA) is 29.3 Å². The second-order valence-corrected chi connectivity index (χ2v) is 6.07. The molecule has 1 fully saturated rings. The third kappa shape index (κ3) is 4.42. The minimum atomic E-state index is 0.310. The summed E-state index contributed by atoms with van der Waals surface area (Å²) in [5.41, 5.74) is 6.11. The van der Waals surface area contributed by atoms with Crippen LogP contribution in [0, 0.1) is 5.41 Å². The van der Waals surface area contributed by atoms with Crippen molar-refractivity contribution in [3.8, 4) is 0 Å². The van der Waals surface area contributed by atoms with Gasteiger partial charge in [0.25, 0.3) is 0 Å². The number of hydrogen-bond donors (Lipinski definition) is 1. The van der Waals surface area contributed by atoms with E-state index in [2.05, 4.69) is 25.7 Å². The molecule has 2 nitrogen and oxygen atoms in total. The summed E-state index contributed by atoms with van der Waals surface area (Å²) in [5.74, 6) is 0. The molecule has 0 radical (unpaired) electrons. The Labute approximate surface area is 102 Å². The molecule has 0 saturated carbocycles. The Morgan fingerprint density at radius 1 is 1.25 bits per heavy atom. The number of hydrogen-bond acceptors (Lipinski definition) is 2. The summed E-state index contributed by atoms with van der Waals surface area (Å²) in [6.07, 6.45) is 8.19. The van der Waals surface area contributed by atoms with Gasteiger partial charge in [0.1, 0.15) is 0 Å². The maximum atomic E-state index is 5.80. The normalized spacial score (nSPS) is 24.4. The first-order valence-corrected chi connectivity index (χ1v) is 7.03. The highest BCUT2D eigenvalue weighted by atomic mass is 15.2. The van der Waals surface area contributed by atoms with Crippen LogP contribution in [-0.4, -0.2) is 30.6 Å². The van der Waals surface area contributed by atoms with Crippen molar-refractivity contribution >= 4 is 0 Å². The molecule has 1 heterocycles. The van der Waals surface area contributed by atoms with Crippen LogP contribution in [0.1, 0.15) is 59.3 Å². The van der Waals surface area contributed by atoms with E-state index >= 15 is 0 Å². The molecule has 96 valence electrons. The van der Waals surface area contributed by atoms with Crippen LogP contribution in [0.3, 0.4) is 0 Å². The van der Waals surface area contributed by atoms with Gasteiger partial charge in [0.2, 0.25) is 0 Å². The van der Waals surface area contributed by atoms with Gasteiger partial charge < -0.3 is 10.6 Å². The van der Waals surface area contributed by atoms with Crippen molar-refractivity contribution in [2.75, 3.05) is 19.6 Å². The number of nitrogens with zero attached hydrogens (tertiary/aromatic N) is 1. The van der Waals surface area contributed by atoms with Gasteiger partial charge in [-0.15, -0.1) is 0 Å². The summed E-state index contributed by atoms with van der Waals surface area (Å²) < 4.78 is 0. The maximum Gasteiger partial charge on any atom is 0.00926 e. The molecule has 16 heavy (non-hydrogen) atoms. The van der Waals surface area contributed by atoms with Crippen LogP contribution in [-0.2, 0) is 0 Å². The highest BCUT2D eigenvalue weighted by Gasteiger charge is 2.22. The second kappa shape index (κ2) is 6.61. The number of likely N-dealkylation sites (tertiary alicyclic amines) is 1. The minimum Gasteiger partial charge on any atom is -0.330 e. The zero-order valence-corrected chi connectivity index (χ0v) is 11.5. The molecule has 0 aliphatic carbocycles. The fraction of sp³-hybridized carbons (Fsp3) is 1.00. The van der Waals surface area contributed by atoms with Crippen LogP contribution >= 0.6 is 0 Å². The largest absolute Gasteiger partial charge is 0.330 e. The van der Waals surface area contributed by atoms with E-state index in [0.29, 0.717) is 5.41 Å². The Bertz CT molecular complexity index is 189. The molecule has 0 aromatic rings. The van der Waals surface area contributed by atoms with Crippen molar-refractivity contribution in [2.24, 2.45) is 11.1 Å². The van der Waals surface area contributed by atoms with E-state index in [0.717, 1.165) is 12.6 Å². The monoisotopic (exact) mass is 226 g/mol. The van der Waals surface area contributed by atoms with Crippen LogP contribution in [0.4, 0.5) is 0 Å². The maximum absolute atomic E-state index is 5.80. The van der Waals surface area contributed by atoms with Crippen molar-refractivity contribution in [3.05, 3.63) is 0 Å². The van der Waals surface area contributed by atoms with Crippen LogP contribution in [0.2, 0.25) is 0 Å². The van der Waals surface area contributed by atoms with E-state index in [-0.39, 0.29) is 0 Å². The molecule has 0 bridgehead atoms. The molecule has 1 atom stereocenters. The summed E-state index contributed by atoms with van der Waals surface area (Å²) in [6, 6.07) is 0.830. The van der Waals surface area contributed by atoms with E-state index in [9.17, 15) is 0 Å². The summed E-state index contributed by atoms with van der Waals surface area (Å²) in [6.45, 7) is 10.2. The fourth-order valence-electron chi connectivity index (χ4n) is 2.54. The minimum absolute atomic E-state index is 0.310. The molecule has 1 rings (SSSR count). The molecule has 1 aliphatic rings. The van der Waals surface area contributed by atoms with E-state index in [1.807, 2.05) is 0 Å². The number of rotatable bonds is 5. The van der Waals surface area contributed by atoms with Crippen molar-refractivity contribution < 1.29 is 0 Å². The highest BCUT2D eigenvalue weighted by Crippen LogP contribution is 2.23.